The van der Waals surface area contributed by atoms with Crippen molar-refractivity contribution in [3.8, 4) is 73.2 Å². The molecule has 12 aromatic carbocycles. The molecular formula is C74H47N5. The molecule has 4 aromatic heterocycles. The molecule has 16 rings (SSSR count). The first-order chi connectivity index (χ1) is 39.2. The zero-order valence-corrected chi connectivity index (χ0v) is 42.9. The van der Waals surface area contributed by atoms with E-state index in [1.165, 1.54) is 37.9 Å². The second-order valence-corrected chi connectivity index (χ2v) is 20.4. The van der Waals surface area contributed by atoms with E-state index in [0.29, 0.717) is 5.82 Å². The first-order valence-electron chi connectivity index (χ1n) is 27.0. The minimum atomic E-state index is 0.681. The Labute approximate surface area is 455 Å². The Bertz CT molecular complexity index is 4770. The van der Waals surface area contributed by atoms with Gasteiger partial charge in [0, 0.05) is 49.0 Å². The van der Waals surface area contributed by atoms with Gasteiger partial charge in [0.25, 0.3) is 0 Å². The highest BCUT2D eigenvalue weighted by Gasteiger charge is 2.27. The van der Waals surface area contributed by atoms with Gasteiger partial charge < -0.3 is 13.7 Å². The molecule has 0 amide bonds. The standard InChI is InChI=1S/C74H47N5/c1-3-21-48(22-4-1)49-39-41-50(42-40-49)63-47-64(76-74(75-63)51-23-5-2-6-24-51)56-44-43-53(54-25-7-8-26-55(54)56)52-45-71(77-65-33-15-9-27-57(65)58-28-10-16-34-66(58)77)73(79-69-37-19-13-31-61(69)62-32-14-20-38-70(62)79)72(46-52)78-67-35-17-11-29-59(67)60-30-12-18-36-68(60)78/h1-47H. The van der Waals surface area contributed by atoms with Gasteiger partial charge in [0.1, 0.15) is 0 Å². The summed E-state index contributed by atoms with van der Waals surface area (Å²) in [6.07, 6.45) is 0. The van der Waals surface area contributed by atoms with E-state index in [1.807, 2.05) is 6.07 Å². The van der Waals surface area contributed by atoms with Crippen LogP contribution in [0, 0.1) is 0 Å². The minimum absolute atomic E-state index is 0.681. The number of para-hydroxylation sites is 6. The summed E-state index contributed by atoms with van der Waals surface area (Å²) in [6, 6.07) is 103. The van der Waals surface area contributed by atoms with Crippen molar-refractivity contribution in [2.45, 2.75) is 0 Å². The quantitative estimate of drug-likeness (QED) is 0.152. The van der Waals surface area contributed by atoms with Crippen molar-refractivity contribution in [2.75, 3.05) is 0 Å². The summed E-state index contributed by atoms with van der Waals surface area (Å²) < 4.78 is 7.56. The van der Waals surface area contributed by atoms with Crippen molar-refractivity contribution in [3.63, 3.8) is 0 Å². The Morgan fingerprint density at radius 1 is 0.215 bits per heavy atom. The highest BCUT2D eigenvalue weighted by Crippen LogP contribution is 2.46. The lowest BCUT2D eigenvalue weighted by Gasteiger charge is -2.24. The van der Waals surface area contributed by atoms with Gasteiger partial charge in [0.15, 0.2) is 5.82 Å². The monoisotopic (exact) mass is 1010 g/mol. The SMILES string of the molecule is c1ccc(-c2ccc(-c3cc(-c4ccc(-c5cc(-n6c7ccccc7c7ccccc76)c(-n6c7ccccc7c7ccccc76)c(-n6c7ccccc7c7ccccc76)c5)c5ccccc45)nc(-c4ccccc4)n3)cc2)cc1. The third-order valence-electron chi connectivity index (χ3n) is 16.1. The van der Waals surface area contributed by atoms with Gasteiger partial charge in [-0.3, -0.25) is 0 Å². The zero-order valence-electron chi connectivity index (χ0n) is 42.9. The molecule has 368 valence electrons. The molecule has 0 unspecified atom stereocenters. The summed E-state index contributed by atoms with van der Waals surface area (Å²) in [5.41, 5.74) is 19.4. The van der Waals surface area contributed by atoms with E-state index in [9.17, 15) is 0 Å². The topological polar surface area (TPSA) is 40.6 Å². The highest BCUT2D eigenvalue weighted by molar-refractivity contribution is 6.14. The van der Waals surface area contributed by atoms with Crippen LogP contribution in [-0.2, 0) is 0 Å². The third-order valence-corrected chi connectivity index (χ3v) is 16.1. The summed E-state index contributed by atoms with van der Waals surface area (Å²) in [5.74, 6) is 0.681. The lowest BCUT2D eigenvalue weighted by Crippen LogP contribution is -2.10. The maximum absolute atomic E-state index is 5.40. The molecule has 0 aliphatic heterocycles. The van der Waals surface area contributed by atoms with Gasteiger partial charge >= 0.3 is 0 Å². The zero-order chi connectivity index (χ0) is 52.0. The van der Waals surface area contributed by atoms with Crippen LogP contribution in [0.15, 0.2) is 285 Å². The minimum Gasteiger partial charge on any atom is -0.307 e. The summed E-state index contributed by atoms with van der Waals surface area (Å²) in [4.78, 5) is 10.6. The Morgan fingerprint density at radius 3 is 1.00 bits per heavy atom. The van der Waals surface area contributed by atoms with Crippen LogP contribution in [0.3, 0.4) is 0 Å². The average Bonchev–Trinajstić information content (AvgIpc) is 4.20. The lowest BCUT2D eigenvalue weighted by molar-refractivity contribution is 1.05. The van der Waals surface area contributed by atoms with E-state index < -0.39 is 0 Å². The maximum atomic E-state index is 5.40. The van der Waals surface area contributed by atoms with E-state index >= 15 is 0 Å². The molecular weight excluding hydrogens is 959 g/mol. The Hall–Kier alpha value is -10.6. The Morgan fingerprint density at radius 2 is 0.544 bits per heavy atom. The Balaban J connectivity index is 1.00. The molecule has 0 spiro atoms. The molecule has 0 N–H and O–H groups in total. The molecule has 0 saturated carbocycles. The van der Waals surface area contributed by atoms with Crippen LogP contribution in [0.2, 0.25) is 0 Å². The predicted molar refractivity (Wildman–Crippen MR) is 330 cm³/mol. The van der Waals surface area contributed by atoms with E-state index in [4.69, 9.17) is 9.97 Å². The van der Waals surface area contributed by atoms with Crippen molar-refractivity contribution in [2.24, 2.45) is 0 Å². The predicted octanol–water partition coefficient (Wildman–Crippen LogP) is 19.3. The van der Waals surface area contributed by atoms with Gasteiger partial charge in [-0.1, -0.05) is 231 Å². The average molecular weight is 1010 g/mol. The van der Waals surface area contributed by atoms with Gasteiger partial charge in [-0.15, -0.1) is 0 Å². The number of rotatable bonds is 8. The van der Waals surface area contributed by atoms with E-state index in [2.05, 4.69) is 293 Å². The Kier molecular flexibility index (Phi) is 10.2. The second kappa shape index (κ2) is 18.0. The summed E-state index contributed by atoms with van der Waals surface area (Å²) in [5, 5.41) is 9.46. The molecule has 0 saturated heterocycles. The van der Waals surface area contributed by atoms with Crippen LogP contribution in [0.5, 0.6) is 0 Å². The number of hydrogen-bond donors (Lipinski definition) is 0. The number of hydrogen-bond acceptors (Lipinski definition) is 2. The van der Waals surface area contributed by atoms with Crippen molar-refractivity contribution < 1.29 is 0 Å². The molecule has 0 bridgehead atoms. The fourth-order valence-electron chi connectivity index (χ4n) is 12.5. The van der Waals surface area contributed by atoms with Crippen molar-refractivity contribution in [1.82, 2.24) is 23.7 Å². The van der Waals surface area contributed by atoms with Gasteiger partial charge in [-0.25, -0.2) is 9.97 Å². The second-order valence-electron chi connectivity index (χ2n) is 20.4. The van der Waals surface area contributed by atoms with Gasteiger partial charge in [0.05, 0.1) is 61.6 Å². The molecule has 79 heavy (non-hydrogen) atoms. The van der Waals surface area contributed by atoms with Crippen molar-refractivity contribution in [3.05, 3.63) is 285 Å². The summed E-state index contributed by atoms with van der Waals surface area (Å²) in [6.45, 7) is 0. The fraction of sp³-hybridized carbons (Fsp3) is 0. The highest BCUT2D eigenvalue weighted by atomic mass is 15.1. The molecule has 16 aromatic rings. The normalized spacial score (nSPS) is 11.8. The first kappa shape index (κ1) is 44.7. The number of fused-ring (bicyclic) bond motifs is 10. The van der Waals surface area contributed by atoms with E-state index in [-0.39, 0.29) is 0 Å². The summed E-state index contributed by atoms with van der Waals surface area (Å²) in [7, 11) is 0. The molecule has 0 atom stereocenters. The lowest BCUT2D eigenvalue weighted by atomic mass is 9.92. The maximum Gasteiger partial charge on any atom is 0.160 e. The molecule has 0 fully saturated rings. The largest absolute Gasteiger partial charge is 0.307 e. The molecule has 0 aliphatic rings. The number of nitrogens with zero attached hydrogens (tertiary/aromatic N) is 5. The van der Waals surface area contributed by atoms with E-state index in [0.717, 1.165) is 106 Å². The molecule has 4 heterocycles. The van der Waals surface area contributed by atoms with Gasteiger partial charge in [0.2, 0.25) is 0 Å². The molecule has 5 nitrogen and oxygen atoms in total. The van der Waals surface area contributed by atoms with E-state index in [1.54, 1.807) is 0 Å². The number of benzene rings is 12. The van der Waals surface area contributed by atoms with Crippen LogP contribution in [0.25, 0.3) is 149 Å². The van der Waals surface area contributed by atoms with Crippen molar-refractivity contribution in [1.29, 1.82) is 0 Å². The van der Waals surface area contributed by atoms with Crippen molar-refractivity contribution >= 4 is 76.2 Å². The smallest absolute Gasteiger partial charge is 0.160 e. The van der Waals surface area contributed by atoms with Crippen LogP contribution in [0.1, 0.15) is 0 Å². The molecule has 0 radical (unpaired) electrons. The summed E-state index contributed by atoms with van der Waals surface area (Å²) >= 11 is 0. The van der Waals surface area contributed by atoms with Gasteiger partial charge in [-0.05, 0) is 87.6 Å². The fourth-order valence-corrected chi connectivity index (χ4v) is 12.5. The first-order valence-corrected chi connectivity index (χ1v) is 27.0. The number of aromatic nitrogens is 5. The molecule has 0 aliphatic carbocycles. The van der Waals surface area contributed by atoms with Crippen LogP contribution >= 0.6 is 0 Å². The van der Waals surface area contributed by atoms with Gasteiger partial charge in [-0.2, -0.15) is 0 Å². The van der Waals surface area contributed by atoms with Crippen LogP contribution < -0.4 is 0 Å². The van der Waals surface area contributed by atoms with Crippen LogP contribution in [-0.4, -0.2) is 23.7 Å². The third kappa shape index (κ3) is 7.10. The van der Waals surface area contributed by atoms with Crippen LogP contribution in [0.4, 0.5) is 0 Å². The molecule has 5 heteroatoms.